The minimum Gasteiger partial charge on any atom is -0.486 e. The van der Waals surface area contributed by atoms with E-state index in [1.165, 1.54) is 0 Å². The van der Waals surface area contributed by atoms with Gasteiger partial charge in [-0.15, -0.1) is 0 Å². The number of halogens is 1. The first kappa shape index (κ1) is 18.3. The van der Waals surface area contributed by atoms with Crippen LogP contribution in [-0.4, -0.2) is 39.3 Å². The molecule has 0 N–H and O–H groups in total. The van der Waals surface area contributed by atoms with Crippen molar-refractivity contribution in [2.75, 3.05) is 6.54 Å². The zero-order valence-corrected chi connectivity index (χ0v) is 17.2. The highest BCUT2D eigenvalue weighted by Gasteiger charge is 2.40. The van der Waals surface area contributed by atoms with E-state index in [-0.39, 0.29) is 18.1 Å². The van der Waals surface area contributed by atoms with E-state index < -0.39 is 0 Å². The van der Waals surface area contributed by atoms with Gasteiger partial charge in [-0.3, -0.25) is 4.79 Å². The van der Waals surface area contributed by atoms with Gasteiger partial charge in [0.1, 0.15) is 6.10 Å². The normalized spacial score (nSPS) is 20.4. The largest absolute Gasteiger partial charge is 0.486 e. The second-order valence-corrected chi connectivity index (χ2v) is 8.31. The number of aromatic nitrogens is 2. The number of benzene rings is 2. The summed E-state index contributed by atoms with van der Waals surface area (Å²) in [5, 5.41) is 4.82. The first-order valence-electron chi connectivity index (χ1n) is 9.90. The number of hydrogen-bond acceptors (Lipinski definition) is 3. The van der Waals surface area contributed by atoms with E-state index in [2.05, 4.69) is 24.2 Å². The molecule has 1 fully saturated rings. The Morgan fingerprint density at radius 3 is 2.79 bits per heavy atom. The lowest BCUT2D eigenvalue weighted by Crippen LogP contribution is -2.33. The van der Waals surface area contributed by atoms with Gasteiger partial charge in [-0.2, -0.15) is 5.10 Å². The molecule has 1 amide bonds. The van der Waals surface area contributed by atoms with Crippen molar-refractivity contribution in [3.8, 4) is 11.4 Å². The molecule has 5 nitrogen and oxygen atoms in total. The van der Waals surface area contributed by atoms with E-state index in [9.17, 15) is 4.79 Å². The number of nitrogens with zero attached hydrogens (tertiary/aromatic N) is 3. The van der Waals surface area contributed by atoms with Crippen molar-refractivity contribution in [2.24, 2.45) is 0 Å². The van der Waals surface area contributed by atoms with Gasteiger partial charge < -0.3 is 9.64 Å². The molecule has 148 valence electrons. The third-order valence-electron chi connectivity index (χ3n) is 5.99. The van der Waals surface area contributed by atoms with Gasteiger partial charge in [-0.1, -0.05) is 23.7 Å². The lowest BCUT2D eigenvalue weighted by molar-refractivity contribution is 0.0748. The second-order valence-electron chi connectivity index (χ2n) is 7.93. The smallest absolute Gasteiger partial charge is 0.258 e. The van der Waals surface area contributed by atoms with Crippen molar-refractivity contribution in [3.63, 3.8) is 0 Å². The fourth-order valence-electron chi connectivity index (χ4n) is 4.31. The molecule has 1 saturated heterocycles. The predicted octanol–water partition coefficient (Wildman–Crippen LogP) is 4.42. The minimum absolute atomic E-state index is 0.0182. The van der Waals surface area contributed by atoms with Crippen LogP contribution in [0.5, 0.6) is 5.75 Å². The monoisotopic (exact) mass is 407 g/mol. The van der Waals surface area contributed by atoms with Crippen LogP contribution >= 0.6 is 11.6 Å². The molecule has 0 saturated carbocycles. The Labute approximate surface area is 174 Å². The molecular formula is C23H22ClN3O2. The highest BCUT2D eigenvalue weighted by molar-refractivity contribution is 6.33. The van der Waals surface area contributed by atoms with Crippen LogP contribution in [0.3, 0.4) is 0 Å². The summed E-state index contributed by atoms with van der Waals surface area (Å²) in [5.41, 5.74) is 4.76. The van der Waals surface area contributed by atoms with Crippen LogP contribution in [-0.2, 0) is 6.42 Å². The van der Waals surface area contributed by atoms with Gasteiger partial charge in [0, 0.05) is 24.9 Å². The van der Waals surface area contributed by atoms with Crippen molar-refractivity contribution < 1.29 is 9.53 Å². The fourth-order valence-corrected chi connectivity index (χ4v) is 4.58. The summed E-state index contributed by atoms with van der Waals surface area (Å²) in [5.74, 6) is 0.566. The molecule has 2 aliphatic rings. The third-order valence-corrected chi connectivity index (χ3v) is 6.44. The molecule has 29 heavy (non-hydrogen) atoms. The lowest BCUT2D eigenvalue weighted by Gasteiger charge is -2.23. The lowest BCUT2D eigenvalue weighted by atomic mass is 9.96. The van der Waals surface area contributed by atoms with Gasteiger partial charge in [-0.25, -0.2) is 4.68 Å². The van der Waals surface area contributed by atoms with Crippen molar-refractivity contribution in [3.05, 3.63) is 76.1 Å². The summed E-state index contributed by atoms with van der Waals surface area (Å²) < 4.78 is 7.99. The summed E-state index contributed by atoms with van der Waals surface area (Å²) in [6, 6.07) is 12.3. The van der Waals surface area contributed by atoms with Crippen LogP contribution in [0.15, 0.2) is 48.8 Å². The molecule has 2 aromatic carbocycles. The van der Waals surface area contributed by atoms with Gasteiger partial charge >= 0.3 is 0 Å². The maximum atomic E-state index is 13.1. The van der Waals surface area contributed by atoms with Crippen molar-refractivity contribution >= 4 is 17.5 Å². The topological polar surface area (TPSA) is 47.4 Å². The van der Waals surface area contributed by atoms with E-state index in [4.69, 9.17) is 16.3 Å². The minimum atomic E-state index is 0.0182. The fraction of sp³-hybridized carbons (Fsp3) is 0.304. The maximum absolute atomic E-state index is 13.1. The summed E-state index contributed by atoms with van der Waals surface area (Å²) in [7, 11) is 0. The Kier molecular flexibility index (Phi) is 4.36. The van der Waals surface area contributed by atoms with E-state index in [1.54, 1.807) is 6.20 Å². The van der Waals surface area contributed by atoms with Crippen LogP contribution in [0.4, 0.5) is 0 Å². The maximum Gasteiger partial charge on any atom is 0.258 e. The number of carbonyl (C=O) groups excluding carboxylic acids is 1. The molecule has 6 heteroatoms. The molecule has 0 spiro atoms. The van der Waals surface area contributed by atoms with Crippen LogP contribution in [0.2, 0.25) is 5.02 Å². The molecule has 2 bridgehead atoms. The average Bonchev–Trinajstić information content (AvgIpc) is 3.35. The van der Waals surface area contributed by atoms with Gasteiger partial charge in [0.2, 0.25) is 0 Å². The first-order valence-corrected chi connectivity index (χ1v) is 10.3. The van der Waals surface area contributed by atoms with Gasteiger partial charge in [-0.05, 0) is 61.2 Å². The number of amides is 1. The van der Waals surface area contributed by atoms with E-state index in [0.29, 0.717) is 29.3 Å². The SMILES string of the molecule is Cc1c(Cc2ccc(-n3cccn3)cc2)cc2c(c1Cl)O[C@H]1C[C@@H](C)N(C1)C2=O. The molecule has 0 aliphatic carbocycles. The molecule has 2 aliphatic heterocycles. The van der Waals surface area contributed by atoms with E-state index >= 15 is 0 Å². The molecule has 3 heterocycles. The summed E-state index contributed by atoms with van der Waals surface area (Å²) in [6.45, 7) is 4.70. The second kappa shape index (κ2) is 6.92. The van der Waals surface area contributed by atoms with Crippen LogP contribution in [0.1, 0.15) is 40.4 Å². The Morgan fingerprint density at radius 1 is 1.28 bits per heavy atom. The quantitative estimate of drug-likeness (QED) is 0.645. The summed E-state index contributed by atoms with van der Waals surface area (Å²) >= 11 is 6.68. The molecule has 0 radical (unpaired) electrons. The van der Waals surface area contributed by atoms with Crippen molar-refractivity contribution in [2.45, 2.75) is 38.8 Å². The van der Waals surface area contributed by atoms with E-state index in [0.717, 1.165) is 28.8 Å². The summed E-state index contributed by atoms with van der Waals surface area (Å²) in [6.07, 6.45) is 5.25. The highest BCUT2D eigenvalue weighted by atomic mass is 35.5. The molecule has 3 aromatic rings. The zero-order chi connectivity index (χ0) is 20.1. The Morgan fingerprint density at radius 2 is 2.07 bits per heavy atom. The number of fused-ring (bicyclic) bond motifs is 3. The zero-order valence-electron chi connectivity index (χ0n) is 16.4. The predicted molar refractivity (Wildman–Crippen MR) is 112 cm³/mol. The molecule has 2 atom stereocenters. The number of carbonyl (C=O) groups is 1. The van der Waals surface area contributed by atoms with Crippen molar-refractivity contribution in [1.82, 2.24) is 14.7 Å². The van der Waals surface area contributed by atoms with Crippen LogP contribution < -0.4 is 4.74 Å². The Hall–Kier alpha value is -2.79. The molecule has 1 aromatic heterocycles. The highest BCUT2D eigenvalue weighted by Crippen LogP contribution is 2.40. The first-order chi connectivity index (χ1) is 14.0. The summed E-state index contributed by atoms with van der Waals surface area (Å²) in [4.78, 5) is 15.0. The average molecular weight is 408 g/mol. The number of rotatable bonds is 3. The van der Waals surface area contributed by atoms with Gasteiger partial charge in [0.15, 0.2) is 5.75 Å². The van der Waals surface area contributed by atoms with Crippen molar-refractivity contribution in [1.29, 1.82) is 0 Å². The van der Waals surface area contributed by atoms with Crippen LogP contribution in [0, 0.1) is 6.92 Å². The van der Waals surface area contributed by atoms with Crippen LogP contribution in [0.25, 0.3) is 5.69 Å². The van der Waals surface area contributed by atoms with Gasteiger partial charge in [0.25, 0.3) is 5.91 Å². The number of hydrogen-bond donors (Lipinski definition) is 0. The Balaban J connectivity index is 1.49. The van der Waals surface area contributed by atoms with E-state index in [1.807, 2.05) is 47.0 Å². The Bertz CT molecular complexity index is 1080. The molecular weight excluding hydrogens is 386 g/mol. The standard InChI is InChI=1S/C23H22ClN3O2/c1-14-10-19-13-26(14)23(28)20-12-17(15(2)21(24)22(20)29-19)11-16-4-6-18(7-5-16)27-9-3-8-25-27/h3-9,12,14,19H,10-11,13H2,1-2H3/t14-,19+/m1/s1. The van der Waals surface area contributed by atoms with Gasteiger partial charge in [0.05, 0.1) is 22.8 Å². The molecule has 0 unspecified atom stereocenters. The molecule has 5 rings (SSSR count). The third kappa shape index (κ3) is 3.10. The number of ether oxygens (including phenoxy) is 1.